The number of hydrogen-bond donors (Lipinski definition) is 0. The van der Waals surface area contributed by atoms with Gasteiger partial charge in [0, 0.05) is 23.3 Å². The maximum Gasteiger partial charge on any atom is 0.416 e. The third-order valence-electron chi connectivity index (χ3n) is 3.98. The number of nitrogens with zero attached hydrogens (tertiary/aromatic N) is 7. The van der Waals surface area contributed by atoms with E-state index in [2.05, 4.69) is 25.6 Å². The quantitative estimate of drug-likeness (QED) is 0.357. The van der Waals surface area contributed by atoms with E-state index in [9.17, 15) is 23.3 Å². The molecular formula is C17H10F3N7O3. The van der Waals surface area contributed by atoms with Gasteiger partial charge >= 0.3 is 6.18 Å². The van der Waals surface area contributed by atoms with Crippen LogP contribution >= 0.6 is 0 Å². The van der Waals surface area contributed by atoms with Crippen molar-refractivity contribution in [1.82, 2.24) is 30.3 Å². The molecule has 2 aromatic carbocycles. The third kappa shape index (κ3) is 3.99. The van der Waals surface area contributed by atoms with Gasteiger partial charge in [0.05, 0.1) is 10.5 Å². The highest BCUT2D eigenvalue weighted by Crippen LogP contribution is 2.31. The fourth-order valence-electron chi connectivity index (χ4n) is 2.55. The number of non-ortho nitro benzene ring substituents is 1. The van der Waals surface area contributed by atoms with Gasteiger partial charge in [0.1, 0.15) is 6.54 Å². The number of alkyl halides is 3. The fraction of sp³-hybridized carbons (Fsp3) is 0.118. The van der Waals surface area contributed by atoms with Gasteiger partial charge in [-0.15, -0.1) is 10.2 Å². The lowest BCUT2D eigenvalue weighted by molar-refractivity contribution is -0.384. The molecule has 0 saturated carbocycles. The van der Waals surface area contributed by atoms with E-state index in [-0.39, 0.29) is 35.3 Å². The molecule has 2 aromatic heterocycles. The maximum atomic E-state index is 12.9. The number of benzene rings is 2. The predicted octanol–water partition coefficient (Wildman–Crippen LogP) is 3.37. The first kappa shape index (κ1) is 19.2. The number of tetrazole rings is 1. The minimum atomic E-state index is -4.48. The zero-order valence-corrected chi connectivity index (χ0v) is 14.8. The Morgan fingerprint density at radius 2 is 1.83 bits per heavy atom. The number of halogens is 3. The third-order valence-corrected chi connectivity index (χ3v) is 3.98. The van der Waals surface area contributed by atoms with E-state index in [0.717, 1.165) is 16.9 Å². The lowest BCUT2D eigenvalue weighted by Crippen LogP contribution is -2.05. The molecule has 0 aliphatic carbocycles. The molecule has 0 radical (unpaired) electrons. The molecule has 152 valence electrons. The van der Waals surface area contributed by atoms with E-state index >= 15 is 0 Å². The van der Waals surface area contributed by atoms with E-state index in [1.165, 1.54) is 36.4 Å². The molecule has 2 heterocycles. The Bertz CT molecular complexity index is 1200. The first-order valence-electron chi connectivity index (χ1n) is 8.32. The standard InChI is InChI=1S/C17H10F3N7O3/c18-17(19,20)12-3-1-2-11(8-12)16-22-25-26(23-16)9-14-21-15(24-30-14)10-4-6-13(7-5-10)27(28)29/h1-8H,9H2. The zero-order valence-electron chi connectivity index (χ0n) is 14.8. The summed E-state index contributed by atoms with van der Waals surface area (Å²) in [6, 6.07) is 10.2. The molecule has 4 rings (SSSR count). The normalized spacial score (nSPS) is 11.6. The average Bonchev–Trinajstić information content (AvgIpc) is 3.38. The van der Waals surface area contributed by atoms with Gasteiger partial charge in [-0.05, 0) is 29.5 Å². The molecule has 10 nitrogen and oxygen atoms in total. The second-order valence-corrected chi connectivity index (χ2v) is 6.04. The molecule has 30 heavy (non-hydrogen) atoms. The Labute approximate surface area is 165 Å². The molecule has 0 fully saturated rings. The molecule has 0 aliphatic rings. The van der Waals surface area contributed by atoms with Crippen molar-refractivity contribution < 1.29 is 22.6 Å². The number of rotatable bonds is 5. The summed E-state index contributed by atoms with van der Waals surface area (Å²) in [5.41, 5.74) is -0.225. The minimum absolute atomic E-state index is 0.0104. The number of nitro benzene ring substituents is 1. The van der Waals surface area contributed by atoms with Gasteiger partial charge in [-0.2, -0.15) is 23.0 Å². The Morgan fingerprint density at radius 1 is 1.07 bits per heavy atom. The summed E-state index contributed by atoms with van der Waals surface area (Å²) in [6.45, 7) is -0.0635. The van der Waals surface area contributed by atoms with Crippen LogP contribution in [0.3, 0.4) is 0 Å². The average molecular weight is 417 g/mol. The number of aromatic nitrogens is 6. The topological polar surface area (TPSA) is 126 Å². The van der Waals surface area contributed by atoms with Crippen LogP contribution in [0.5, 0.6) is 0 Å². The highest BCUT2D eigenvalue weighted by Gasteiger charge is 2.30. The second-order valence-electron chi connectivity index (χ2n) is 6.04. The van der Waals surface area contributed by atoms with Crippen molar-refractivity contribution in [3.63, 3.8) is 0 Å². The van der Waals surface area contributed by atoms with Crippen LogP contribution in [0, 0.1) is 10.1 Å². The Kier molecular flexibility index (Phi) is 4.69. The Hall–Kier alpha value is -4.16. The molecule has 0 atom stereocenters. The number of hydrogen-bond acceptors (Lipinski definition) is 8. The predicted molar refractivity (Wildman–Crippen MR) is 93.7 cm³/mol. The van der Waals surface area contributed by atoms with Crippen LogP contribution in [0.1, 0.15) is 11.5 Å². The Morgan fingerprint density at radius 3 is 2.53 bits per heavy atom. The first-order chi connectivity index (χ1) is 14.3. The lowest BCUT2D eigenvalue weighted by atomic mass is 10.1. The maximum absolute atomic E-state index is 12.9. The van der Waals surface area contributed by atoms with Crippen LogP contribution in [0.4, 0.5) is 18.9 Å². The largest absolute Gasteiger partial charge is 0.416 e. The van der Waals surface area contributed by atoms with Gasteiger partial charge in [-0.1, -0.05) is 17.3 Å². The molecule has 0 amide bonds. The summed E-state index contributed by atoms with van der Waals surface area (Å²) in [7, 11) is 0. The Balaban J connectivity index is 1.50. The fourth-order valence-corrected chi connectivity index (χ4v) is 2.55. The van der Waals surface area contributed by atoms with Crippen LogP contribution in [-0.2, 0) is 12.7 Å². The van der Waals surface area contributed by atoms with Crippen LogP contribution in [-0.4, -0.2) is 35.3 Å². The van der Waals surface area contributed by atoms with Crippen LogP contribution in [0.25, 0.3) is 22.8 Å². The second kappa shape index (κ2) is 7.35. The van der Waals surface area contributed by atoms with Crippen molar-refractivity contribution in [1.29, 1.82) is 0 Å². The lowest BCUT2D eigenvalue weighted by Gasteiger charge is -2.06. The van der Waals surface area contributed by atoms with Crippen molar-refractivity contribution in [3.05, 3.63) is 70.1 Å². The van der Waals surface area contributed by atoms with Gasteiger partial charge in [-0.3, -0.25) is 10.1 Å². The summed E-state index contributed by atoms with van der Waals surface area (Å²) in [4.78, 5) is 15.4. The van der Waals surface area contributed by atoms with Gasteiger partial charge < -0.3 is 4.52 Å². The van der Waals surface area contributed by atoms with Crippen molar-refractivity contribution >= 4 is 5.69 Å². The highest BCUT2D eigenvalue weighted by molar-refractivity contribution is 5.57. The van der Waals surface area contributed by atoms with Gasteiger partial charge in [0.25, 0.3) is 11.6 Å². The molecule has 0 saturated heterocycles. The van der Waals surface area contributed by atoms with E-state index in [4.69, 9.17) is 4.52 Å². The molecule has 4 aromatic rings. The summed E-state index contributed by atoms with van der Waals surface area (Å²) < 4.78 is 43.7. The molecule has 0 spiro atoms. The van der Waals surface area contributed by atoms with E-state index in [1.54, 1.807) is 0 Å². The summed E-state index contributed by atoms with van der Waals surface area (Å²) >= 11 is 0. The SMILES string of the molecule is O=[N+]([O-])c1ccc(-c2noc(Cn3nnc(-c4cccc(C(F)(F)F)c4)n3)n2)cc1. The molecular weight excluding hydrogens is 407 g/mol. The molecule has 0 aliphatic heterocycles. The van der Waals surface area contributed by atoms with E-state index < -0.39 is 16.7 Å². The van der Waals surface area contributed by atoms with Gasteiger partial charge in [0.2, 0.25) is 11.6 Å². The minimum Gasteiger partial charge on any atom is -0.337 e. The van der Waals surface area contributed by atoms with Gasteiger partial charge in [0.15, 0.2) is 0 Å². The summed E-state index contributed by atoms with van der Waals surface area (Å²) in [5.74, 6) is 0.339. The van der Waals surface area contributed by atoms with Crippen molar-refractivity contribution in [2.45, 2.75) is 12.7 Å². The van der Waals surface area contributed by atoms with Crippen molar-refractivity contribution in [2.24, 2.45) is 0 Å². The summed E-state index contributed by atoms with van der Waals surface area (Å²) in [6.07, 6.45) is -4.48. The number of nitro groups is 1. The van der Waals surface area contributed by atoms with Crippen molar-refractivity contribution in [3.8, 4) is 22.8 Å². The highest BCUT2D eigenvalue weighted by atomic mass is 19.4. The molecule has 0 N–H and O–H groups in total. The molecule has 0 unspecified atom stereocenters. The van der Waals surface area contributed by atoms with E-state index in [0.29, 0.717) is 5.56 Å². The van der Waals surface area contributed by atoms with Crippen LogP contribution in [0.15, 0.2) is 53.1 Å². The summed E-state index contributed by atoms with van der Waals surface area (Å²) in [5, 5.41) is 26.1. The monoisotopic (exact) mass is 417 g/mol. The van der Waals surface area contributed by atoms with E-state index in [1.807, 2.05) is 0 Å². The zero-order chi connectivity index (χ0) is 21.3. The van der Waals surface area contributed by atoms with Crippen LogP contribution < -0.4 is 0 Å². The first-order valence-corrected chi connectivity index (χ1v) is 8.32. The smallest absolute Gasteiger partial charge is 0.337 e. The van der Waals surface area contributed by atoms with Gasteiger partial charge in [-0.25, -0.2) is 0 Å². The molecule has 0 bridgehead atoms. The van der Waals surface area contributed by atoms with Crippen molar-refractivity contribution in [2.75, 3.05) is 0 Å². The van der Waals surface area contributed by atoms with Crippen LogP contribution in [0.2, 0.25) is 0 Å². The molecule has 13 heteroatoms.